The van der Waals surface area contributed by atoms with Crippen molar-refractivity contribution in [1.29, 1.82) is 0 Å². The largest absolute Gasteiger partial charge is 0.391 e. The van der Waals surface area contributed by atoms with Crippen LogP contribution in [-0.2, 0) is 6.54 Å². The Kier molecular flexibility index (Phi) is 8.29. The number of urea groups is 1. The Balaban J connectivity index is 1.83. The molecule has 2 aromatic carbocycles. The monoisotopic (exact) mass is 507 g/mol. The van der Waals surface area contributed by atoms with Gasteiger partial charge in [0.1, 0.15) is 12.0 Å². The van der Waals surface area contributed by atoms with Crippen LogP contribution in [0.15, 0.2) is 66.9 Å². The van der Waals surface area contributed by atoms with Crippen molar-refractivity contribution in [3.05, 3.63) is 78.2 Å². The molecule has 198 valence electrons. The number of aliphatic hydroxyl groups is 1. The number of carbonyl (C=O) groups is 1. The van der Waals surface area contributed by atoms with Gasteiger partial charge in [-0.1, -0.05) is 81.4 Å². The zero-order valence-electron chi connectivity index (χ0n) is 21.9. The van der Waals surface area contributed by atoms with Gasteiger partial charge < -0.3 is 25.2 Å². The summed E-state index contributed by atoms with van der Waals surface area (Å²) in [6.07, 6.45) is 0.567. The molecule has 4 rings (SSSR count). The van der Waals surface area contributed by atoms with E-state index in [0.717, 1.165) is 16.8 Å². The molecule has 0 saturated carbocycles. The number of aromatic nitrogens is 2. The number of nitrogens with two attached hydrogens (primary N) is 1. The Morgan fingerprint density at radius 1 is 1.16 bits per heavy atom. The number of hydrogen-bond acceptors (Lipinski definition) is 4. The summed E-state index contributed by atoms with van der Waals surface area (Å²) in [6, 6.07) is 19.1. The van der Waals surface area contributed by atoms with E-state index >= 15 is 0 Å². The number of halogens is 1. The van der Waals surface area contributed by atoms with Crippen LogP contribution in [0.4, 0.5) is 9.18 Å². The highest BCUT2D eigenvalue weighted by molar-refractivity contribution is 5.75. The lowest BCUT2D eigenvalue weighted by molar-refractivity contribution is 0.0688. The highest BCUT2D eigenvalue weighted by Gasteiger charge is 2.41. The number of benzene rings is 2. The molecule has 3 aromatic rings. The minimum absolute atomic E-state index is 0.150. The summed E-state index contributed by atoms with van der Waals surface area (Å²) in [5, 5.41) is 10.1. The SMILES string of the molecule is CC(C)(C)[C@H](c1nc(-c2ccccc2)cn1Cc1ccccc1)N(C[C@@H](F)CN)C(=O)N1CC[C@@H](O)C1. The van der Waals surface area contributed by atoms with Crippen LogP contribution in [0.25, 0.3) is 11.3 Å². The van der Waals surface area contributed by atoms with Crippen LogP contribution in [0.2, 0.25) is 0 Å². The number of carbonyl (C=O) groups excluding carboxylic acids is 1. The fourth-order valence-electron chi connectivity index (χ4n) is 4.98. The Bertz CT molecular complexity index is 1160. The first-order chi connectivity index (χ1) is 17.7. The summed E-state index contributed by atoms with van der Waals surface area (Å²) in [4.78, 5) is 22.1. The van der Waals surface area contributed by atoms with E-state index in [2.05, 4.69) is 16.7 Å². The molecule has 1 saturated heterocycles. The van der Waals surface area contributed by atoms with Crippen LogP contribution in [0.3, 0.4) is 0 Å². The van der Waals surface area contributed by atoms with Gasteiger partial charge in [-0.25, -0.2) is 14.2 Å². The molecule has 0 unspecified atom stereocenters. The normalized spacial score (nSPS) is 17.6. The zero-order chi connectivity index (χ0) is 26.6. The molecule has 37 heavy (non-hydrogen) atoms. The smallest absolute Gasteiger partial charge is 0.320 e. The average Bonchev–Trinajstić information content (AvgIpc) is 3.50. The first-order valence-corrected chi connectivity index (χ1v) is 12.9. The third-order valence-electron chi connectivity index (χ3n) is 6.78. The summed E-state index contributed by atoms with van der Waals surface area (Å²) in [5.41, 5.74) is 8.05. The zero-order valence-corrected chi connectivity index (χ0v) is 21.9. The number of rotatable bonds is 8. The molecule has 2 amide bonds. The van der Waals surface area contributed by atoms with Crippen molar-refractivity contribution >= 4 is 6.03 Å². The molecule has 1 aliphatic heterocycles. The molecule has 0 bridgehead atoms. The summed E-state index contributed by atoms with van der Waals surface area (Å²) in [5.74, 6) is 0.688. The van der Waals surface area contributed by atoms with Gasteiger partial charge in [0, 0.05) is 37.9 Å². The van der Waals surface area contributed by atoms with Gasteiger partial charge in [-0.2, -0.15) is 0 Å². The predicted octanol–water partition coefficient (Wildman–Crippen LogP) is 4.47. The second-order valence-corrected chi connectivity index (χ2v) is 10.9. The van der Waals surface area contributed by atoms with Gasteiger partial charge in [-0.3, -0.25) is 0 Å². The van der Waals surface area contributed by atoms with E-state index in [0.29, 0.717) is 25.3 Å². The highest BCUT2D eigenvalue weighted by Crippen LogP contribution is 2.40. The van der Waals surface area contributed by atoms with Crippen LogP contribution < -0.4 is 5.73 Å². The van der Waals surface area contributed by atoms with Crippen molar-refractivity contribution in [2.45, 2.75) is 52.1 Å². The minimum Gasteiger partial charge on any atom is -0.391 e. The Labute approximate surface area is 218 Å². The Morgan fingerprint density at radius 3 is 2.38 bits per heavy atom. The molecular weight excluding hydrogens is 469 g/mol. The number of aliphatic hydroxyl groups excluding tert-OH is 1. The standard InChI is InChI=1S/C29H38FN5O2/c1-29(2,3)26(35(18-23(30)16-31)28(37)33-15-14-24(36)19-33)27-32-25(22-12-8-5-9-13-22)20-34(27)17-21-10-6-4-7-11-21/h4-13,20,23-24,26,36H,14-19,31H2,1-3H3/t23-,24+,26-/m0/s1. The van der Waals surface area contributed by atoms with Crippen molar-refractivity contribution in [2.24, 2.45) is 11.1 Å². The number of imidazole rings is 1. The van der Waals surface area contributed by atoms with E-state index < -0.39 is 23.7 Å². The second-order valence-electron chi connectivity index (χ2n) is 10.9. The van der Waals surface area contributed by atoms with Crippen molar-refractivity contribution in [3.8, 4) is 11.3 Å². The summed E-state index contributed by atoms with van der Waals surface area (Å²) in [7, 11) is 0. The lowest BCUT2D eigenvalue weighted by atomic mass is 9.84. The molecule has 3 N–H and O–H groups in total. The van der Waals surface area contributed by atoms with Gasteiger partial charge in [-0.05, 0) is 17.4 Å². The molecular formula is C29H38FN5O2. The van der Waals surface area contributed by atoms with Crippen LogP contribution in [0, 0.1) is 5.41 Å². The number of amides is 2. The van der Waals surface area contributed by atoms with Crippen molar-refractivity contribution in [1.82, 2.24) is 19.4 Å². The lowest BCUT2D eigenvalue weighted by Gasteiger charge is -2.42. The number of β-amino-alcohol motifs (C(OH)–C–C–N with tert-alkyl or cyclic N) is 1. The number of alkyl halides is 1. The average molecular weight is 508 g/mol. The van der Waals surface area contributed by atoms with E-state index in [-0.39, 0.29) is 25.7 Å². The fraction of sp³-hybridized carbons (Fsp3) is 0.448. The third-order valence-corrected chi connectivity index (χ3v) is 6.78. The van der Waals surface area contributed by atoms with Crippen LogP contribution >= 0.6 is 0 Å². The van der Waals surface area contributed by atoms with Gasteiger partial charge >= 0.3 is 6.03 Å². The van der Waals surface area contributed by atoms with Gasteiger partial charge in [-0.15, -0.1) is 0 Å². The van der Waals surface area contributed by atoms with Crippen LogP contribution in [0.1, 0.15) is 44.6 Å². The fourth-order valence-corrected chi connectivity index (χ4v) is 4.98. The first kappa shape index (κ1) is 26.8. The topological polar surface area (TPSA) is 87.6 Å². The maximum atomic E-state index is 14.9. The molecule has 7 nitrogen and oxygen atoms in total. The molecule has 1 aliphatic rings. The third kappa shape index (κ3) is 6.37. The van der Waals surface area contributed by atoms with E-state index in [1.54, 1.807) is 9.80 Å². The van der Waals surface area contributed by atoms with E-state index in [1.165, 1.54) is 0 Å². The van der Waals surface area contributed by atoms with Crippen molar-refractivity contribution in [2.75, 3.05) is 26.2 Å². The van der Waals surface area contributed by atoms with Crippen LogP contribution in [-0.4, -0.2) is 68.9 Å². The van der Waals surface area contributed by atoms with E-state index in [4.69, 9.17) is 10.7 Å². The van der Waals surface area contributed by atoms with Gasteiger partial charge in [0.25, 0.3) is 0 Å². The molecule has 3 atom stereocenters. The van der Waals surface area contributed by atoms with Gasteiger partial charge in [0.15, 0.2) is 0 Å². The van der Waals surface area contributed by atoms with Crippen molar-refractivity contribution in [3.63, 3.8) is 0 Å². The lowest BCUT2D eigenvalue weighted by Crippen LogP contribution is -2.51. The molecule has 2 heterocycles. The highest BCUT2D eigenvalue weighted by atomic mass is 19.1. The number of likely N-dealkylation sites (tertiary alicyclic amines) is 1. The Hall–Kier alpha value is -3.23. The quantitative estimate of drug-likeness (QED) is 0.471. The Morgan fingerprint density at radius 2 is 1.81 bits per heavy atom. The molecule has 8 heteroatoms. The predicted molar refractivity (Wildman–Crippen MR) is 144 cm³/mol. The maximum Gasteiger partial charge on any atom is 0.320 e. The summed E-state index contributed by atoms with van der Waals surface area (Å²) in [6.45, 7) is 7.01. The molecule has 0 radical (unpaired) electrons. The second kappa shape index (κ2) is 11.4. The minimum atomic E-state index is -1.38. The van der Waals surface area contributed by atoms with E-state index in [1.807, 2.05) is 75.5 Å². The van der Waals surface area contributed by atoms with Crippen molar-refractivity contribution < 1.29 is 14.3 Å². The first-order valence-electron chi connectivity index (χ1n) is 12.9. The molecule has 1 aromatic heterocycles. The number of hydrogen-bond donors (Lipinski definition) is 2. The number of nitrogens with zero attached hydrogens (tertiary/aromatic N) is 4. The van der Waals surface area contributed by atoms with Gasteiger partial charge in [0.05, 0.1) is 24.4 Å². The molecule has 0 aliphatic carbocycles. The maximum absolute atomic E-state index is 14.9. The molecule has 1 fully saturated rings. The van der Waals surface area contributed by atoms with Crippen LogP contribution in [0.5, 0.6) is 0 Å². The summed E-state index contributed by atoms with van der Waals surface area (Å²) < 4.78 is 16.9. The summed E-state index contributed by atoms with van der Waals surface area (Å²) >= 11 is 0. The van der Waals surface area contributed by atoms with Gasteiger partial charge in [0.2, 0.25) is 0 Å². The molecule has 0 spiro atoms. The van der Waals surface area contributed by atoms with E-state index in [9.17, 15) is 14.3 Å².